The molecule has 25 heavy (non-hydrogen) atoms. The van der Waals surface area contributed by atoms with Crippen LogP contribution >= 0.6 is 15.9 Å². The third kappa shape index (κ3) is 1.80. The summed E-state index contributed by atoms with van der Waals surface area (Å²) in [7, 11) is 0. The predicted octanol–water partition coefficient (Wildman–Crippen LogP) is 2.16. The first kappa shape index (κ1) is 14.2. The second kappa shape index (κ2) is 4.80. The minimum atomic E-state index is -0.129. The molecule has 2 aromatic rings. The number of rotatable bonds is 0. The molecule has 2 aliphatic carbocycles. The van der Waals surface area contributed by atoms with Crippen molar-refractivity contribution in [2.75, 3.05) is 0 Å². The molecule has 7 heteroatoms. The van der Waals surface area contributed by atoms with Crippen LogP contribution < -0.4 is 5.32 Å². The average Bonchev–Trinajstić information content (AvgIpc) is 3.31. The van der Waals surface area contributed by atoms with Crippen LogP contribution in [0.1, 0.15) is 23.8 Å². The Balaban J connectivity index is 1.54. The molecule has 0 spiro atoms. The Morgan fingerprint density at radius 2 is 2.12 bits per heavy atom. The molecule has 0 radical (unpaired) electrons. The molecule has 1 saturated heterocycles. The van der Waals surface area contributed by atoms with E-state index in [1.165, 1.54) is 0 Å². The van der Waals surface area contributed by atoms with E-state index in [-0.39, 0.29) is 24.0 Å². The van der Waals surface area contributed by atoms with Crippen molar-refractivity contribution in [3.63, 3.8) is 0 Å². The Morgan fingerprint density at radius 3 is 3.04 bits per heavy atom. The van der Waals surface area contributed by atoms with E-state index >= 15 is 0 Å². The van der Waals surface area contributed by atoms with Crippen LogP contribution in [0.15, 0.2) is 41.0 Å². The van der Waals surface area contributed by atoms with Gasteiger partial charge in [-0.25, -0.2) is 4.68 Å². The van der Waals surface area contributed by atoms with Gasteiger partial charge in [0.15, 0.2) is 0 Å². The number of nitrogens with zero attached hydrogens (tertiary/aromatic N) is 4. The van der Waals surface area contributed by atoms with E-state index in [4.69, 9.17) is 0 Å². The van der Waals surface area contributed by atoms with Gasteiger partial charge in [-0.1, -0.05) is 33.3 Å². The number of carbonyl (C=O) groups is 1. The van der Waals surface area contributed by atoms with Crippen LogP contribution in [-0.4, -0.2) is 31.8 Å². The molecular formula is C18H16BrN5O. The number of amides is 1. The molecule has 2 fully saturated rings. The Labute approximate surface area is 153 Å². The highest BCUT2D eigenvalue weighted by molar-refractivity contribution is 9.10. The number of benzene rings is 1. The van der Waals surface area contributed by atoms with Gasteiger partial charge in [0, 0.05) is 16.1 Å². The van der Waals surface area contributed by atoms with Gasteiger partial charge in [-0.05, 0) is 36.5 Å². The first-order valence-electron chi connectivity index (χ1n) is 8.65. The first-order chi connectivity index (χ1) is 12.2. The summed E-state index contributed by atoms with van der Waals surface area (Å²) in [5, 5.41) is 12.1. The molecule has 6 rings (SSSR count). The maximum absolute atomic E-state index is 13.4. The van der Waals surface area contributed by atoms with Crippen LogP contribution in [0.4, 0.5) is 0 Å². The van der Waals surface area contributed by atoms with Crippen LogP contribution in [0.25, 0.3) is 5.69 Å². The van der Waals surface area contributed by atoms with E-state index in [2.05, 4.69) is 49.8 Å². The minimum absolute atomic E-state index is 0.0595. The molecular weight excluding hydrogens is 382 g/mol. The average molecular weight is 398 g/mol. The van der Waals surface area contributed by atoms with E-state index in [0.717, 1.165) is 27.8 Å². The molecule has 2 aliphatic heterocycles. The summed E-state index contributed by atoms with van der Waals surface area (Å²) < 4.78 is 2.86. The Bertz CT molecular complexity index is 937. The molecule has 1 saturated carbocycles. The summed E-state index contributed by atoms with van der Waals surface area (Å²) in [6, 6.07) is 6.38. The lowest BCUT2D eigenvalue weighted by atomic mass is 9.84. The zero-order valence-electron chi connectivity index (χ0n) is 13.3. The fraction of sp³-hybridized carbons (Fsp3) is 0.389. The third-order valence-electron chi connectivity index (χ3n) is 6.15. The first-order valence-corrected chi connectivity index (χ1v) is 9.44. The van der Waals surface area contributed by atoms with Crippen molar-refractivity contribution >= 4 is 21.8 Å². The van der Waals surface area contributed by atoms with Crippen molar-refractivity contribution in [3.05, 3.63) is 52.3 Å². The van der Waals surface area contributed by atoms with E-state index < -0.39 is 0 Å². The fourth-order valence-corrected chi connectivity index (χ4v) is 5.46. The van der Waals surface area contributed by atoms with E-state index in [1.807, 2.05) is 21.7 Å². The van der Waals surface area contributed by atoms with Crippen LogP contribution in [0.3, 0.4) is 0 Å². The Kier molecular flexibility index (Phi) is 2.73. The number of carbonyl (C=O) groups excluding carboxylic acids is 1. The number of nitrogens with one attached hydrogen (secondary N) is 1. The van der Waals surface area contributed by atoms with Gasteiger partial charge in [0.1, 0.15) is 6.17 Å². The number of allylic oxidation sites excluding steroid dienone is 1. The summed E-state index contributed by atoms with van der Waals surface area (Å²) in [6.45, 7) is 0.528. The van der Waals surface area contributed by atoms with E-state index in [1.54, 1.807) is 6.20 Å². The maximum Gasteiger partial charge on any atom is 0.229 e. The van der Waals surface area contributed by atoms with Crippen molar-refractivity contribution in [3.8, 4) is 5.69 Å². The number of halogens is 1. The van der Waals surface area contributed by atoms with Crippen molar-refractivity contribution in [1.82, 2.24) is 25.2 Å². The Hall–Kier alpha value is -1.99. The standard InChI is InChI=1S/C18H16BrN5O/c19-11-3-4-14-13(6-11)17-21-16-10-2-1-9(5-10)15(16)18(25)23(17)8-12-7-20-22-24(12)14/h1-4,6-7,9-10,15-17,21H,5,8H2/t9-,10+,15-,16+,17+/m1/s1. The van der Waals surface area contributed by atoms with Gasteiger partial charge in [-0.3, -0.25) is 10.1 Å². The van der Waals surface area contributed by atoms with Gasteiger partial charge in [0.2, 0.25) is 5.91 Å². The van der Waals surface area contributed by atoms with Gasteiger partial charge in [-0.15, -0.1) is 5.10 Å². The Morgan fingerprint density at radius 1 is 1.24 bits per heavy atom. The number of aromatic nitrogens is 3. The second-order valence-electron chi connectivity index (χ2n) is 7.38. The van der Waals surface area contributed by atoms with Crippen LogP contribution in [-0.2, 0) is 11.3 Å². The molecule has 6 nitrogen and oxygen atoms in total. The molecule has 1 aromatic carbocycles. The van der Waals surface area contributed by atoms with Gasteiger partial charge in [0.25, 0.3) is 0 Å². The van der Waals surface area contributed by atoms with Crippen molar-refractivity contribution in [2.45, 2.75) is 25.2 Å². The molecule has 0 unspecified atom stereocenters. The van der Waals surface area contributed by atoms with Crippen molar-refractivity contribution < 1.29 is 4.79 Å². The number of fused-ring (bicyclic) bond motifs is 10. The number of hydrogen-bond acceptors (Lipinski definition) is 4. The maximum atomic E-state index is 13.4. The molecule has 3 heterocycles. The zero-order chi connectivity index (χ0) is 16.7. The normalized spacial score (nSPS) is 34.4. The predicted molar refractivity (Wildman–Crippen MR) is 93.5 cm³/mol. The summed E-state index contributed by atoms with van der Waals surface area (Å²) in [4.78, 5) is 15.4. The highest BCUT2D eigenvalue weighted by atomic mass is 79.9. The molecule has 5 atom stereocenters. The highest BCUT2D eigenvalue weighted by Crippen LogP contribution is 2.49. The largest absolute Gasteiger partial charge is 0.317 e. The molecule has 1 amide bonds. The van der Waals surface area contributed by atoms with Crippen LogP contribution in [0.5, 0.6) is 0 Å². The molecule has 126 valence electrons. The SMILES string of the molecule is O=C1[C@H]2[C@@H](N[C@@H]3c4cc(Br)ccc4-n4nncc4CN13)[C@H]1C=C[C@@H]2C1. The zero-order valence-corrected chi connectivity index (χ0v) is 14.9. The monoisotopic (exact) mass is 397 g/mol. The van der Waals surface area contributed by atoms with Crippen molar-refractivity contribution in [2.24, 2.45) is 17.8 Å². The van der Waals surface area contributed by atoms with E-state index in [9.17, 15) is 4.79 Å². The highest BCUT2D eigenvalue weighted by Gasteiger charge is 2.54. The van der Waals surface area contributed by atoms with Crippen LogP contribution in [0.2, 0.25) is 0 Å². The van der Waals surface area contributed by atoms with Crippen LogP contribution in [0, 0.1) is 17.8 Å². The quantitative estimate of drug-likeness (QED) is 0.691. The van der Waals surface area contributed by atoms with Gasteiger partial charge in [0.05, 0.1) is 30.0 Å². The lowest BCUT2D eigenvalue weighted by molar-refractivity contribution is -0.146. The summed E-state index contributed by atoms with van der Waals surface area (Å²) in [6.07, 6.45) is 7.25. The topological polar surface area (TPSA) is 63.1 Å². The lowest BCUT2D eigenvalue weighted by Gasteiger charge is -2.44. The van der Waals surface area contributed by atoms with E-state index in [0.29, 0.717) is 18.4 Å². The molecule has 1 N–H and O–H groups in total. The molecule has 2 bridgehead atoms. The number of hydrogen-bond donors (Lipinski definition) is 1. The van der Waals surface area contributed by atoms with Crippen molar-refractivity contribution in [1.29, 1.82) is 0 Å². The van der Waals surface area contributed by atoms with Gasteiger partial charge in [-0.2, -0.15) is 0 Å². The lowest BCUT2D eigenvalue weighted by Crippen LogP contribution is -2.59. The third-order valence-corrected chi connectivity index (χ3v) is 6.65. The summed E-state index contributed by atoms with van der Waals surface area (Å²) in [5.74, 6) is 1.17. The smallest absolute Gasteiger partial charge is 0.229 e. The minimum Gasteiger partial charge on any atom is -0.317 e. The summed E-state index contributed by atoms with van der Waals surface area (Å²) in [5.41, 5.74) is 3.00. The second-order valence-corrected chi connectivity index (χ2v) is 8.29. The fourth-order valence-electron chi connectivity index (χ4n) is 5.08. The van der Waals surface area contributed by atoms with Gasteiger partial charge >= 0.3 is 0 Å². The summed E-state index contributed by atoms with van der Waals surface area (Å²) >= 11 is 3.58. The molecule has 1 aromatic heterocycles. The van der Waals surface area contributed by atoms with Gasteiger partial charge < -0.3 is 4.90 Å². The molecule has 4 aliphatic rings.